The summed E-state index contributed by atoms with van der Waals surface area (Å²) in [5, 5.41) is 0. The van der Waals surface area contributed by atoms with Gasteiger partial charge in [0.05, 0.1) is 6.04 Å². The van der Waals surface area contributed by atoms with Gasteiger partial charge in [0, 0.05) is 35.5 Å². The van der Waals surface area contributed by atoms with Crippen LogP contribution in [0.1, 0.15) is 17.3 Å². The van der Waals surface area contributed by atoms with Gasteiger partial charge in [0.1, 0.15) is 16.5 Å². The topological polar surface area (TPSA) is 42.3 Å². The number of halogens is 3. The summed E-state index contributed by atoms with van der Waals surface area (Å²) in [4.78, 5) is -0.522. The van der Waals surface area contributed by atoms with Crippen molar-refractivity contribution in [3.8, 4) is 0 Å². The van der Waals surface area contributed by atoms with Crippen molar-refractivity contribution in [3.05, 3.63) is 88.2 Å². The smallest absolute Gasteiger partial charge is 0.246 e. The molecule has 1 aliphatic heterocycles. The van der Waals surface area contributed by atoms with Gasteiger partial charge in [-0.2, -0.15) is 4.31 Å². The Labute approximate surface area is 164 Å². The maximum absolute atomic E-state index is 14.3. The molecule has 0 bridgehead atoms. The molecular weight excluding hydrogens is 438 g/mol. The molecule has 0 aliphatic carbocycles. The molecule has 2 heterocycles. The SMILES string of the molecule is O=S(=O)(c1ccc(F)cc1F)N1CCn2cccc2C1c1ccc(Br)cc1. The summed E-state index contributed by atoms with van der Waals surface area (Å²) >= 11 is 3.38. The summed E-state index contributed by atoms with van der Waals surface area (Å²) in [6.45, 7) is 0.638. The Morgan fingerprint density at radius 2 is 1.74 bits per heavy atom. The molecule has 1 aliphatic rings. The molecule has 1 aromatic heterocycles. The van der Waals surface area contributed by atoms with Crippen molar-refractivity contribution >= 4 is 26.0 Å². The van der Waals surface area contributed by atoms with Crippen molar-refractivity contribution in [2.24, 2.45) is 0 Å². The first-order valence-electron chi connectivity index (χ1n) is 8.25. The Bertz CT molecular complexity index is 1100. The lowest BCUT2D eigenvalue weighted by atomic mass is 10.0. The van der Waals surface area contributed by atoms with Crippen LogP contribution in [-0.4, -0.2) is 23.8 Å². The molecule has 2 aromatic carbocycles. The fraction of sp³-hybridized carbons (Fsp3) is 0.158. The van der Waals surface area contributed by atoms with Crippen LogP contribution >= 0.6 is 15.9 Å². The highest BCUT2D eigenvalue weighted by Crippen LogP contribution is 2.37. The second-order valence-corrected chi connectivity index (χ2v) is 9.05. The Balaban J connectivity index is 1.86. The van der Waals surface area contributed by atoms with E-state index in [1.165, 1.54) is 4.31 Å². The maximum Gasteiger partial charge on any atom is 0.246 e. The number of aromatic nitrogens is 1. The van der Waals surface area contributed by atoms with Gasteiger partial charge >= 0.3 is 0 Å². The van der Waals surface area contributed by atoms with Crippen LogP contribution < -0.4 is 0 Å². The maximum atomic E-state index is 14.3. The predicted molar refractivity (Wildman–Crippen MR) is 101 cm³/mol. The number of hydrogen-bond acceptors (Lipinski definition) is 2. The lowest BCUT2D eigenvalue weighted by molar-refractivity contribution is 0.297. The zero-order valence-corrected chi connectivity index (χ0v) is 16.4. The summed E-state index contributed by atoms with van der Waals surface area (Å²) < 4.78 is 58.1. The van der Waals surface area contributed by atoms with E-state index in [-0.39, 0.29) is 6.54 Å². The molecule has 0 radical (unpaired) electrons. The van der Waals surface area contributed by atoms with E-state index in [1.54, 1.807) is 0 Å². The first kappa shape index (κ1) is 18.3. The molecule has 0 amide bonds. The number of nitrogens with zero attached hydrogens (tertiary/aromatic N) is 2. The van der Waals surface area contributed by atoms with Gasteiger partial charge < -0.3 is 4.57 Å². The molecule has 0 spiro atoms. The van der Waals surface area contributed by atoms with Crippen molar-refractivity contribution in [3.63, 3.8) is 0 Å². The number of fused-ring (bicyclic) bond motifs is 1. The standard InChI is InChI=1S/C19H15BrF2N2O2S/c20-14-5-3-13(4-6-14)19-17-2-1-9-23(17)10-11-24(19)27(25,26)18-8-7-15(21)12-16(18)22/h1-9,12,19H,10-11H2. The van der Waals surface area contributed by atoms with E-state index in [2.05, 4.69) is 15.9 Å². The van der Waals surface area contributed by atoms with Gasteiger partial charge in [-0.15, -0.1) is 0 Å². The second kappa shape index (κ2) is 6.85. The van der Waals surface area contributed by atoms with Crippen LogP contribution in [0.5, 0.6) is 0 Å². The number of sulfonamides is 1. The molecule has 0 saturated carbocycles. The van der Waals surface area contributed by atoms with E-state index < -0.39 is 32.6 Å². The van der Waals surface area contributed by atoms with E-state index in [0.29, 0.717) is 12.6 Å². The minimum absolute atomic E-state index is 0.182. The van der Waals surface area contributed by atoms with E-state index in [1.807, 2.05) is 47.2 Å². The van der Waals surface area contributed by atoms with Crippen LogP contribution in [0.15, 0.2) is 70.2 Å². The third-order valence-corrected chi connectivity index (χ3v) is 7.09. The normalized spacial score (nSPS) is 17.7. The van der Waals surface area contributed by atoms with Crippen LogP contribution in [0.25, 0.3) is 0 Å². The van der Waals surface area contributed by atoms with Crippen molar-refractivity contribution in [2.75, 3.05) is 6.54 Å². The third-order valence-electron chi connectivity index (χ3n) is 4.66. The molecule has 1 atom stereocenters. The van der Waals surface area contributed by atoms with Gasteiger partial charge in [0.25, 0.3) is 0 Å². The summed E-state index contributed by atoms with van der Waals surface area (Å²) in [5.74, 6) is -1.91. The van der Waals surface area contributed by atoms with E-state index in [4.69, 9.17) is 0 Å². The zero-order valence-electron chi connectivity index (χ0n) is 14.0. The molecule has 0 fully saturated rings. The zero-order chi connectivity index (χ0) is 19.2. The molecule has 0 N–H and O–H groups in total. The van der Waals surface area contributed by atoms with E-state index in [9.17, 15) is 17.2 Å². The highest BCUT2D eigenvalue weighted by molar-refractivity contribution is 9.10. The molecular formula is C19H15BrF2N2O2S. The molecule has 27 heavy (non-hydrogen) atoms. The molecule has 0 saturated heterocycles. The average Bonchev–Trinajstić information content (AvgIpc) is 3.10. The number of rotatable bonds is 3. The fourth-order valence-electron chi connectivity index (χ4n) is 3.41. The highest BCUT2D eigenvalue weighted by atomic mass is 79.9. The average molecular weight is 453 g/mol. The molecule has 3 aromatic rings. The van der Waals surface area contributed by atoms with E-state index in [0.717, 1.165) is 27.9 Å². The molecule has 4 nitrogen and oxygen atoms in total. The first-order valence-corrected chi connectivity index (χ1v) is 10.5. The van der Waals surface area contributed by atoms with E-state index >= 15 is 0 Å². The molecule has 1 unspecified atom stereocenters. The highest BCUT2D eigenvalue weighted by Gasteiger charge is 2.38. The number of hydrogen-bond donors (Lipinski definition) is 0. The van der Waals surface area contributed by atoms with Gasteiger partial charge in [0.2, 0.25) is 10.0 Å². The fourth-order valence-corrected chi connectivity index (χ4v) is 5.31. The van der Waals surface area contributed by atoms with Crippen molar-refractivity contribution in [1.82, 2.24) is 8.87 Å². The van der Waals surface area contributed by atoms with Crippen molar-refractivity contribution < 1.29 is 17.2 Å². The Kier molecular flexibility index (Phi) is 4.65. The monoisotopic (exact) mass is 452 g/mol. The third kappa shape index (κ3) is 3.22. The summed E-state index contributed by atoms with van der Waals surface area (Å²) in [5.41, 5.74) is 1.57. The van der Waals surface area contributed by atoms with Crippen LogP contribution in [-0.2, 0) is 16.6 Å². The lowest BCUT2D eigenvalue weighted by Gasteiger charge is -2.36. The number of benzene rings is 2. The summed E-state index contributed by atoms with van der Waals surface area (Å²) in [6.07, 6.45) is 1.89. The van der Waals surface area contributed by atoms with Crippen LogP contribution in [0.2, 0.25) is 0 Å². The predicted octanol–water partition coefficient (Wildman–Crippen LogP) is 4.32. The Morgan fingerprint density at radius 3 is 2.44 bits per heavy atom. The minimum atomic E-state index is -4.17. The Hall–Kier alpha value is -2.03. The van der Waals surface area contributed by atoms with Crippen LogP contribution in [0.4, 0.5) is 8.78 Å². The largest absolute Gasteiger partial charge is 0.348 e. The molecule has 140 valence electrons. The lowest BCUT2D eigenvalue weighted by Crippen LogP contribution is -2.42. The summed E-state index contributed by atoms with van der Waals surface area (Å²) in [6, 6.07) is 13.0. The molecule has 8 heteroatoms. The van der Waals surface area contributed by atoms with Crippen LogP contribution in [0.3, 0.4) is 0 Å². The van der Waals surface area contributed by atoms with Crippen LogP contribution in [0, 0.1) is 11.6 Å². The van der Waals surface area contributed by atoms with Crippen molar-refractivity contribution in [2.45, 2.75) is 17.5 Å². The van der Waals surface area contributed by atoms with Gasteiger partial charge in [-0.05, 0) is 42.0 Å². The Morgan fingerprint density at radius 1 is 1.00 bits per heavy atom. The summed E-state index contributed by atoms with van der Waals surface area (Å²) in [7, 11) is -4.17. The van der Waals surface area contributed by atoms with Gasteiger partial charge in [0.15, 0.2) is 0 Å². The van der Waals surface area contributed by atoms with Gasteiger partial charge in [-0.3, -0.25) is 0 Å². The van der Waals surface area contributed by atoms with Gasteiger partial charge in [-0.1, -0.05) is 28.1 Å². The minimum Gasteiger partial charge on any atom is -0.348 e. The quantitative estimate of drug-likeness (QED) is 0.593. The van der Waals surface area contributed by atoms with Crippen molar-refractivity contribution in [1.29, 1.82) is 0 Å². The van der Waals surface area contributed by atoms with Gasteiger partial charge in [-0.25, -0.2) is 17.2 Å². The second-order valence-electron chi connectivity index (χ2n) is 6.27. The first-order chi connectivity index (χ1) is 12.9. The molecule has 4 rings (SSSR count).